The summed E-state index contributed by atoms with van der Waals surface area (Å²) in [5.74, 6) is -0.507. The van der Waals surface area contributed by atoms with Gasteiger partial charge in [0.05, 0.1) is 24.8 Å². The number of hydrogen-bond acceptors (Lipinski definition) is 6. The molecule has 1 aliphatic heterocycles. The van der Waals surface area contributed by atoms with Crippen molar-refractivity contribution in [2.75, 3.05) is 38.8 Å². The van der Waals surface area contributed by atoms with Gasteiger partial charge in [-0.3, -0.25) is 9.48 Å². The van der Waals surface area contributed by atoms with Crippen LogP contribution in [0, 0.1) is 0 Å². The number of ether oxygens (including phenoxy) is 2. The SMILES string of the molecule is COCCn1cc2c(N3CCC(N(C)C(=O)OC(C)(C)C)C3)ccc(C(N)=O)c2n1. The summed E-state index contributed by atoms with van der Waals surface area (Å²) >= 11 is 0. The molecule has 0 radical (unpaired) electrons. The highest BCUT2D eigenvalue weighted by Gasteiger charge is 2.32. The molecule has 9 nitrogen and oxygen atoms in total. The monoisotopic (exact) mass is 417 g/mol. The van der Waals surface area contributed by atoms with Crippen LogP contribution in [-0.4, -0.2) is 72.2 Å². The Morgan fingerprint density at radius 2 is 2.07 bits per heavy atom. The molecule has 2 heterocycles. The van der Waals surface area contributed by atoms with E-state index in [0.29, 0.717) is 30.8 Å². The molecule has 1 aromatic carbocycles. The van der Waals surface area contributed by atoms with E-state index in [9.17, 15) is 9.59 Å². The lowest BCUT2D eigenvalue weighted by atomic mass is 10.1. The van der Waals surface area contributed by atoms with Crippen molar-refractivity contribution < 1.29 is 19.1 Å². The van der Waals surface area contributed by atoms with Crippen molar-refractivity contribution >= 4 is 28.6 Å². The van der Waals surface area contributed by atoms with E-state index >= 15 is 0 Å². The fourth-order valence-electron chi connectivity index (χ4n) is 3.67. The topological polar surface area (TPSA) is 103 Å². The van der Waals surface area contributed by atoms with Crippen molar-refractivity contribution in [3.05, 3.63) is 23.9 Å². The zero-order valence-electron chi connectivity index (χ0n) is 18.3. The Labute approximate surface area is 176 Å². The van der Waals surface area contributed by atoms with Crippen LogP contribution in [0.3, 0.4) is 0 Å². The van der Waals surface area contributed by atoms with Gasteiger partial charge in [-0.2, -0.15) is 5.10 Å². The highest BCUT2D eigenvalue weighted by molar-refractivity contribution is 6.08. The first-order valence-corrected chi connectivity index (χ1v) is 10.1. The lowest BCUT2D eigenvalue weighted by Gasteiger charge is -2.29. The Morgan fingerprint density at radius 3 is 2.70 bits per heavy atom. The number of nitrogens with zero attached hydrogens (tertiary/aromatic N) is 4. The van der Waals surface area contributed by atoms with E-state index in [2.05, 4.69) is 10.00 Å². The van der Waals surface area contributed by atoms with Gasteiger partial charge in [0.25, 0.3) is 5.91 Å². The Hall–Kier alpha value is -2.81. The maximum atomic E-state index is 12.4. The molecule has 1 fully saturated rings. The van der Waals surface area contributed by atoms with Crippen molar-refractivity contribution in [2.24, 2.45) is 5.73 Å². The molecule has 2 aromatic rings. The summed E-state index contributed by atoms with van der Waals surface area (Å²) in [6.45, 7) is 8.12. The minimum absolute atomic E-state index is 0.0363. The molecule has 1 unspecified atom stereocenters. The van der Waals surface area contributed by atoms with Gasteiger partial charge >= 0.3 is 6.09 Å². The molecule has 30 heavy (non-hydrogen) atoms. The summed E-state index contributed by atoms with van der Waals surface area (Å²) in [4.78, 5) is 28.2. The second-order valence-electron chi connectivity index (χ2n) is 8.62. The zero-order chi connectivity index (χ0) is 22.1. The molecule has 2 amide bonds. The van der Waals surface area contributed by atoms with Gasteiger partial charge in [-0.1, -0.05) is 0 Å². The molecule has 1 aliphatic rings. The highest BCUT2D eigenvalue weighted by Crippen LogP contribution is 2.32. The van der Waals surface area contributed by atoms with E-state index in [-0.39, 0.29) is 12.1 Å². The lowest BCUT2D eigenvalue weighted by molar-refractivity contribution is 0.0238. The first-order chi connectivity index (χ1) is 14.1. The highest BCUT2D eigenvalue weighted by atomic mass is 16.6. The average Bonchev–Trinajstić information content (AvgIpc) is 3.30. The van der Waals surface area contributed by atoms with Crippen LogP contribution in [-0.2, 0) is 16.0 Å². The van der Waals surface area contributed by atoms with Crippen LogP contribution < -0.4 is 10.6 Å². The van der Waals surface area contributed by atoms with Crippen LogP contribution in [0.5, 0.6) is 0 Å². The van der Waals surface area contributed by atoms with Crippen molar-refractivity contribution in [3.63, 3.8) is 0 Å². The van der Waals surface area contributed by atoms with Gasteiger partial charge in [0.2, 0.25) is 0 Å². The van der Waals surface area contributed by atoms with Crippen LogP contribution in [0.1, 0.15) is 37.6 Å². The van der Waals surface area contributed by atoms with Crippen LogP contribution in [0.25, 0.3) is 10.9 Å². The van der Waals surface area contributed by atoms with Crippen molar-refractivity contribution in [1.29, 1.82) is 0 Å². The third-order valence-corrected chi connectivity index (χ3v) is 5.22. The molecule has 0 aliphatic carbocycles. The number of amides is 2. The van der Waals surface area contributed by atoms with E-state index in [4.69, 9.17) is 15.2 Å². The number of hydrogen-bond donors (Lipinski definition) is 1. The molecule has 0 spiro atoms. The maximum Gasteiger partial charge on any atom is 0.410 e. The molecule has 1 atom stereocenters. The zero-order valence-corrected chi connectivity index (χ0v) is 18.3. The largest absolute Gasteiger partial charge is 0.444 e. The van der Waals surface area contributed by atoms with E-state index < -0.39 is 11.5 Å². The van der Waals surface area contributed by atoms with Crippen LogP contribution >= 0.6 is 0 Å². The fourth-order valence-corrected chi connectivity index (χ4v) is 3.67. The summed E-state index contributed by atoms with van der Waals surface area (Å²) in [5.41, 5.74) is 6.97. The predicted octanol–water partition coefficient (Wildman–Crippen LogP) is 2.23. The first-order valence-electron chi connectivity index (χ1n) is 10.1. The van der Waals surface area contributed by atoms with Gasteiger partial charge in [0.15, 0.2) is 0 Å². The molecule has 1 saturated heterocycles. The summed E-state index contributed by atoms with van der Waals surface area (Å²) in [5, 5.41) is 5.41. The van der Waals surface area contributed by atoms with Crippen molar-refractivity contribution in [3.8, 4) is 0 Å². The summed E-state index contributed by atoms with van der Waals surface area (Å²) in [6.07, 6.45) is 2.42. The lowest BCUT2D eigenvalue weighted by Crippen LogP contribution is -2.42. The normalized spacial score (nSPS) is 16.8. The van der Waals surface area contributed by atoms with Gasteiger partial charge in [-0.25, -0.2) is 4.79 Å². The summed E-state index contributed by atoms with van der Waals surface area (Å²) < 4.78 is 12.4. The quantitative estimate of drug-likeness (QED) is 0.773. The smallest absolute Gasteiger partial charge is 0.410 e. The molecule has 0 bridgehead atoms. The minimum atomic E-state index is -0.531. The number of rotatable bonds is 6. The number of fused-ring (bicyclic) bond motifs is 1. The number of nitrogens with two attached hydrogens (primary N) is 1. The average molecular weight is 418 g/mol. The Kier molecular flexibility index (Phi) is 6.21. The predicted molar refractivity (Wildman–Crippen MR) is 115 cm³/mol. The molecular weight excluding hydrogens is 386 g/mol. The molecule has 3 rings (SSSR count). The van der Waals surface area contributed by atoms with Gasteiger partial charge in [-0.05, 0) is 39.3 Å². The molecular formula is C21H31N5O4. The van der Waals surface area contributed by atoms with Crippen LogP contribution in [0.15, 0.2) is 18.3 Å². The number of carbonyl (C=O) groups excluding carboxylic acids is 2. The number of carbonyl (C=O) groups is 2. The molecule has 2 N–H and O–H groups in total. The van der Waals surface area contributed by atoms with Gasteiger partial charge < -0.3 is 25.0 Å². The Morgan fingerprint density at radius 1 is 1.33 bits per heavy atom. The van der Waals surface area contributed by atoms with E-state index in [1.165, 1.54) is 0 Å². The van der Waals surface area contributed by atoms with Crippen LogP contribution in [0.2, 0.25) is 0 Å². The number of likely N-dealkylation sites (N-methyl/N-ethyl adjacent to an activating group) is 1. The van der Waals surface area contributed by atoms with Gasteiger partial charge in [0, 0.05) is 44.5 Å². The van der Waals surface area contributed by atoms with Crippen molar-refractivity contribution in [2.45, 2.75) is 45.4 Å². The number of anilines is 1. The summed E-state index contributed by atoms with van der Waals surface area (Å²) in [7, 11) is 3.41. The number of benzene rings is 1. The second-order valence-corrected chi connectivity index (χ2v) is 8.62. The Bertz CT molecular complexity index is 933. The third-order valence-electron chi connectivity index (χ3n) is 5.22. The molecule has 164 valence electrons. The van der Waals surface area contributed by atoms with Crippen molar-refractivity contribution in [1.82, 2.24) is 14.7 Å². The number of primary amides is 1. The Balaban J connectivity index is 1.84. The number of aromatic nitrogens is 2. The summed E-state index contributed by atoms with van der Waals surface area (Å²) in [6, 6.07) is 3.66. The maximum absolute atomic E-state index is 12.4. The van der Waals surface area contributed by atoms with E-state index in [1.54, 1.807) is 29.8 Å². The third kappa shape index (κ3) is 4.67. The molecule has 0 saturated carbocycles. The number of methoxy groups -OCH3 is 1. The first kappa shape index (κ1) is 21.9. The van der Waals surface area contributed by atoms with Gasteiger partial charge in [-0.15, -0.1) is 0 Å². The minimum Gasteiger partial charge on any atom is -0.444 e. The molecule has 1 aromatic heterocycles. The van der Waals surface area contributed by atoms with Gasteiger partial charge in [0.1, 0.15) is 11.1 Å². The second kappa shape index (κ2) is 8.51. The standard InChI is InChI=1S/C21H31N5O4/c1-21(2,3)30-20(28)24(4)14-8-9-25(12-14)17-7-6-15(19(22)27)18-16(17)13-26(23-18)10-11-29-5/h6-7,13-14H,8-12H2,1-5H3,(H2,22,27). The van der Waals surface area contributed by atoms with E-state index in [0.717, 1.165) is 24.0 Å². The fraction of sp³-hybridized carbons (Fsp3) is 0.571. The van der Waals surface area contributed by atoms with E-state index in [1.807, 2.05) is 33.0 Å². The van der Waals surface area contributed by atoms with Crippen LogP contribution in [0.4, 0.5) is 10.5 Å². The molecule has 9 heteroatoms.